The van der Waals surface area contributed by atoms with Gasteiger partial charge in [-0.25, -0.2) is 13.4 Å². The predicted molar refractivity (Wildman–Crippen MR) is 68.9 cm³/mol. The summed E-state index contributed by atoms with van der Waals surface area (Å²) in [7, 11) is -3.19. The van der Waals surface area contributed by atoms with Gasteiger partial charge in [0.15, 0.2) is 9.84 Å². The lowest BCUT2D eigenvalue weighted by Gasteiger charge is -2.04. The Kier molecular flexibility index (Phi) is 2.46. The first-order valence-corrected chi connectivity index (χ1v) is 7.79. The van der Waals surface area contributed by atoms with E-state index in [-0.39, 0.29) is 6.04 Å². The van der Waals surface area contributed by atoms with Gasteiger partial charge in [-0.3, -0.25) is 0 Å². The van der Waals surface area contributed by atoms with E-state index >= 15 is 0 Å². The number of nitrogens with one attached hydrogen (secondary N) is 1. The Balaban J connectivity index is 2.06. The minimum atomic E-state index is -3.19. The number of aromatic nitrogens is 2. The fourth-order valence-corrected chi connectivity index (χ4v) is 2.72. The maximum Gasteiger partial charge on any atom is 0.175 e. The summed E-state index contributed by atoms with van der Waals surface area (Å²) in [6.07, 6.45) is 3.49. The summed E-state index contributed by atoms with van der Waals surface area (Å²) in [5.41, 5.74) is 7.56. The largest absolute Gasteiger partial charge is 0.341 e. The second-order valence-electron chi connectivity index (χ2n) is 4.94. The van der Waals surface area contributed by atoms with Crippen molar-refractivity contribution in [2.45, 2.75) is 23.8 Å². The molecule has 1 aromatic carbocycles. The minimum Gasteiger partial charge on any atom is -0.341 e. The lowest BCUT2D eigenvalue weighted by atomic mass is 10.2. The Labute approximate surface area is 105 Å². The summed E-state index contributed by atoms with van der Waals surface area (Å²) in [5, 5.41) is 0. The van der Waals surface area contributed by atoms with Crippen LogP contribution in [0.2, 0.25) is 0 Å². The number of sulfone groups is 1. The van der Waals surface area contributed by atoms with Crippen molar-refractivity contribution >= 4 is 20.9 Å². The van der Waals surface area contributed by atoms with Crippen LogP contribution in [0.15, 0.2) is 23.1 Å². The molecule has 1 aliphatic rings. The standard InChI is InChI=1S/C12H15N3O2S/c1-18(16,17)8-4-5-9-10(6-8)15-12(14-9)11(13)7-2-3-7/h4-7,11H,2-3,13H2,1H3,(H,14,15). The van der Waals surface area contributed by atoms with Gasteiger partial charge in [-0.1, -0.05) is 0 Å². The molecule has 0 aliphatic heterocycles. The van der Waals surface area contributed by atoms with Crippen LogP contribution in [0.3, 0.4) is 0 Å². The summed E-state index contributed by atoms with van der Waals surface area (Å²) in [6.45, 7) is 0. The van der Waals surface area contributed by atoms with Crippen molar-refractivity contribution in [1.82, 2.24) is 9.97 Å². The molecule has 0 bridgehead atoms. The Bertz CT molecular complexity index is 701. The second kappa shape index (κ2) is 3.80. The fraction of sp³-hybridized carbons (Fsp3) is 0.417. The summed E-state index contributed by atoms with van der Waals surface area (Å²) in [5.74, 6) is 1.26. The molecule has 1 aromatic heterocycles. The van der Waals surface area contributed by atoms with Gasteiger partial charge in [-0.15, -0.1) is 0 Å². The summed E-state index contributed by atoms with van der Waals surface area (Å²) < 4.78 is 23.0. The molecule has 1 fully saturated rings. The molecule has 1 aliphatic carbocycles. The van der Waals surface area contributed by atoms with Crippen molar-refractivity contribution in [3.8, 4) is 0 Å². The molecular formula is C12H15N3O2S. The van der Waals surface area contributed by atoms with Crippen LogP contribution in [0, 0.1) is 5.92 Å². The van der Waals surface area contributed by atoms with Crippen LogP contribution in [-0.2, 0) is 9.84 Å². The highest BCUT2D eigenvalue weighted by molar-refractivity contribution is 7.90. The van der Waals surface area contributed by atoms with Crippen LogP contribution in [0.1, 0.15) is 24.7 Å². The molecule has 0 spiro atoms. The second-order valence-corrected chi connectivity index (χ2v) is 6.95. The summed E-state index contributed by atoms with van der Waals surface area (Å²) in [6, 6.07) is 4.83. The van der Waals surface area contributed by atoms with Crippen LogP contribution in [0.25, 0.3) is 11.0 Å². The molecule has 18 heavy (non-hydrogen) atoms. The van der Waals surface area contributed by atoms with E-state index in [9.17, 15) is 8.42 Å². The third-order valence-electron chi connectivity index (χ3n) is 3.35. The maximum absolute atomic E-state index is 11.5. The molecule has 1 saturated carbocycles. The van der Waals surface area contributed by atoms with Gasteiger partial charge in [0.2, 0.25) is 0 Å². The summed E-state index contributed by atoms with van der Waals surface area (Å²) in [4.78, 5) is 7.85. The first-order chi connectivity index (χ1) is 8.45. The fourth-order valence-electron chi connectivity index (χ4n) is 2.08. The van der Waals surface area contributed by atoms with Crippen LogP contribution < -0.4 is 5.73 Å². The predicted octanol–water partition coefficient (Wildman–Crippen LogP) is 1.38. The van der Waals surface area contributed by atoms with Gasteiger partial charge < -0.3 is 10.7 Å². The lowest BCUT2D eigenvalue weighted by Crippen LogP contribution is -2.13. The number of imidazole rings is 1. The zero-order chi connectivity index (χ0) is 12.9. The van der Waals surface area contributed by atoms with Gasteiger partial charge in [0.25, 0.3) is 0 Å². The molecule has 3 rings (SSSR count). The molecule has 2 aromatic rings. The zero-order valence-corrected chi connectivity index (χ0v) is 10.9. The zero-order valence-electron chi connectivity index (χ0n) is 10.1. The van der Waals surface area contributed by atoms with E-state index < -0.39 is 9.84 Å². The third kappa shape index (κ3) is 2.02. The van der Waals surface area contributed by atoms with Crippen molar-refractivity contribution in [3.63, 3.8) is 0 Å². The Morgan fingerprint density at radius 1 is 1.44 bits per heavy atom. The highest BCUT2D eigenvalue weighted by atomic mass is 32.2. The SMILES string of the molecule is CS(=O)(=O)c1ccc2nc(C(N)C3CC3)[nH]c2c1. The normalized spacial score (nSPS) is 18.1. The molecular weight excluding hydrogens is 250 g/mol. The van der Waals surface area contributed by atoms with Crippen molar-refractivity contribution in [1.29, 1.82) is 0 Å². The monoisotopic (exact) mass is 265 g/mol. The van der Waals surface area contributed by atoms with Gasteiger partial charge in [0.1, 0.15) is 5.82 Å². The van der Waals surface area contributed by atoms with Crippen LogP contribution in [0.4, 0.5) is 0 Å². The molecule has 0 amide bonds. The molecule has 5 nitrogen and oxygen atoms in total. The number of rotatable bonds is 3. The number of hydrogen-bond donors (Lipinski definition) is 2. The quantitative estimate of drug-likeness (QED) is 0.877. The van der Waals surface area contributed by atoms with E-state index in [0.717, 1.165) is 29.7 Å². The number of nitrogens with two attached hydrogens (primary N) is 1. The van der Waals surface area contributed by atoms with Crippen LogP contribution in [0.5, 0.6) is 0 Å². The van der Waals surface area contributed by atoms with Gasteiger partial charge in [0.05, 0.1) is 22.0 Å². The third-order valence-corrected chi connectivity index (χ3v) is 4.46. The molecule has 0 saturated heterocycles. The van der Waals surface area contributed by atoms with E-state index in [2.05, 4.69) is 9.97 Å². The Morgan fingerprint density at radius 2 is 2.17 bits per heavy atom. The van der Waals surface area contributed by atoms with E-state index in [1.165, 1.54) is 6.26 Å². The van der Waals surface area contributed by atoms with Gasteiger partial charge in [-0.05, 0) is 37.0 Å². The molecule has 6 heteroatoms. The van der Waals surface area contributed by atoms with Crippen molar-refractivity contribution < 1.29 is 8.42 Å². The molecule has 96 valence electrons. The number of aromatic amines is 1. The maximum atomic E-state index is 11.5. The van der Waals surface area contributed by atoms with Crippen molar-refractivity contribution in [2.24, 2.45) is 11.7 Å². The highest BCUT2D eigenvalue weighted by Gasteiger charge is 2.31. The molecule has 0 radical (unpaired) electrons. The van der Waals surface area contributed by atoms with E-state index in [1.54, 1.807) is 18.2 Å². The average molecular weight is 265 g/mol. The topological polar surface area (TPSA) is 88.8 Å². The van der Waals surface area contributed by atoms with Crippen molar-refractivity contribution in [2.75, 3.05) is 6.26 Å². The first kappa shape index (κ1) is 11.7. The highest BCUT2D eigenvalue weighted by Crippen LogP contribution is 2.38. The van der Waals surface area contributed by atoms with Crippen LogP contribution in [-0.4, -0.2) is 24.6 Å². The number of fused-ring (bicyclic) bond motifs is 1. The smallest absolute Gasteiger partial charge is 0.175 e. The Hall–Kier alpha value is -1.40. The van der Waals surface area contributed by atoms with Gasteiger partial charge >= 0.3 is 0 Å². The molecule has 1 unspecified atom stereocenters. The minimum absolute atomic E-state index is 0.0703. The molecule has 3 N–H and O–H groups in total. The summed E-state index contributed by atoms with van der Waals surface area (Å²) >= 11 is 0. The van der Waals surface area contributed by atoms with Crippen molar-refractivity contribution in [3.05, 3.63) is 24.0 Å². The lowest BCUT2D eigenvalue weighted by molar-refractivity contribution is 0.601. The van der Waals surface area contributed by atoms with E-state index in [4.69, 9.17) is 5.73 Å². The van der Waals surface area contributed by atoms with Gasteiger partial charge in [-0.2, -0.15) is 0 Å². The average Bonchev–Trinajstić information content (AvgIpc) is 3.05. The molecule has 1 atom stereocenters. The van der Waals surface area contributed by atoms with E-state index in [0.29, 0.717) is 10.8 Å². The molecule has 1 heterocycles. The van der Waals surface area contributed by atoms with Crippen LogP contribution >= 0.6 is 0 Å². The number of hydrogen-bond acceptors (Lipinski definition) is 4. The number of benzene rings is 1. The Morgan fingerprint density at radius 3 is 2.78 bits per heavy atom. The number of H-pyrrole nitrogens is 1. The van der Waals surface area contributed by atoms with Gasteiger partial charge in [0, 0.05) is 6.26 Å². The first-order valence-electron chi connectivity index (χ1n) is 5.90. The number of nitrogens with zero attached hydrogens (tertiary/aromatic N) is 1. The van der Waals surface area contributed by atoms with E-state index in [1.807, 2.05) is 0 Å².